The molecule has 0 aromatic heterocycles. The molecular formula is C13H20ClNO. The summed E-state index contributed by atoms with van der Waals surface area (Å²) in [5, 5.41) is 4.16. The standard InChI is InChI=1S/C13H20ClNO/c1-4-11(15-5-2)9-16-12-6-7-13(14)10(3)8-12/h6-8,11,15H,4-5,9H2,1-3H3. The van der Waals surface area contributed by atoms with E-state index in [4.69, 9.17) is 16.3 Å². The molecule has 0 saturated heterocycles. The fourth-order valence-corrected chi connectivity index (χ4v) is 1.63. The Morgan fingerprint density at radius 2 is 2.12 bits per heavy atom. The minimum absolute atomic E-state index is 0.418. The Balaban J connectivity index is 2.50. The normalized spacial score (nSPS) is 12.5. The molecule has 16 heavy (non-hydrogen) atoms. The predicted molar refractivity (Wildman–Crippen MR) is 69.4 cm³/mol. The van der Waals surface area contributed by atoms with Crippen LogP contribution >= 0.6 is 11.6 Å². The van der Waals surface area contributed by atoms with E-state index in [-0.39, 0.29) is 0 Å². The van der Waals surface area contributed by atoms with E-state index in [1.54, 1.807) is 0 Å². The topological polar surface area (TPSA) is 21.3 Å². The van der Waals surface area contributed by atoms with Gasteiger partial charge in [0.1, 0.15) is 12.4 Å². The maximum absolute atomic E-state index is 5.95. The average molecular weight is 242 g/mol. The van der Waals surface area contributed by atoms with Gasteiger partial charge < -0.3 is 10.1 Å². The summed E-state index contributed by atoms with van der Waals surface area (Å²) >= 11 is 5.95. The smallest absolute Gasteiger partial charge is 0.119 e. The summed E-state index contributed by atoms with van der Waals surface area (Å²) in [6, 6.07) is 6.18. The average Bonchev–Trinajstić information content (AvgIpc) is 2.28. The van der Waals surface area contributed by atoms with Crippen molar-refractivity contribution in [2.24, 2.45) is 0 Å². The quantitative estimate of drug-likeness (QED) is 0.824. The summed E-state index contributed by atoms with van der Waals surface area (Å²) in [6.45, 7) is 7.92. The highest BCUT2D eigenvalue weighted by Gasteiger charge is 2.05. The van der Waals surface area contributed by atoms with Crippen LogP contribution in [-0.2, 0) is 0 Å². The van der Waals surface area contributed by atoms with Crippen LogP contribution in [0.25, 0.3) is 0 Å². The van der Waals surface area contributed by atoms with E-state index >= 15 is 0 Å². The summed E-state index contributed by atoms with van der Waals surface area (Å²) in [7, 11) is 0. The van der Waals surface area contributed by atoms with Crippen LogP contribution in [0.4, 0.5) is 0 Å². The number of aryl methyl sites for hydroxylation is 1. The Kier molecular flexibility index (Phi) is 5.64. The van der Waals surface area contributed by atoms with E-state index < -0.39 is 0 Å². The Morgan fingerprint density at radius 3 is 2.69 bits per heavy atom. The number of halogens is 1. The molecule has 1 rings (SSSR count). The molecule has 2 nitrogen and oxygen atoms in total. The first-order chi connectivity index (χ1) is 7.67. The zero-order valence-corrected chi connectivity index (χ0v) is 11.0. The van der Waals surface area contributed by atoms with Gasteiger partial charge in [0.25, 0.3) is 0 Å². The molecule has 0 heterocycles. The highest BCUT2D eigenvalue weighted by Crippen LogP contribution is 2.21. The van der Waals surface area contributed by atoms with Crippen LogP contribution in [-0.4, -0.2) is 19.2 Å². The molecule has 0 aliphatic carbocycles. The largest absolute Gasteiger partial charge is 0.492 e. The number of rotatable bonds is 6. The van der Waals surface area contributed by atoms with Gasteiger partial charge in [0.05, 0.1) is 0 Å². The van der Waals surface area contributed by atoms with Gasteiger partial charge in [-0.3, -0.25) is 0 Å². The molecule has 1 atom stereocenters. The third kappa shape index (κ3) is 4.03. The van der Waals surface area contributed by atoms with Crippen LogP contribution in [0, 0.1) is 6.92 Å². The highest BCUT2D eigenvalue weighted by molar-refractivity contribution is 6.31. The van der Waals surface area contributed by atoms with Crippen molar-refractivity contribution in [1.82, 2.24) is 5.32 Å². The molecule has 1 aromatic carbocycles. The Labute approximate surface area is 103 Å². The van der Waals surface area contributed by atoms with Gasteiger partial charge in [-0.2, -0.15) is 0 Å². The van der Waals surface area contributed by atoms with Crippen LogP contribution < -0.4 is 10.1 Å². The minimum Gasteiger partial charge on any atom is -0.492 e. The Morgan fingerprint density at radius 1 is 1.38 bits per heavy atom. The molecule has 1 N–H and O–H groups in total. The van der Waals surface area contributed by atoms with Gasteiger partial charge in [0, 0.05) is 11.1 Å². The van der Waals surface area contributed by atoms with E-state index in [9.17, 15) is 0 Å². The molecule has 90 valence electrons. The molecular weight excluding hydrogens is 222 g/mol. The van der Waals surface area contributed by atoms with Gasteiger partial charge in [-0.05, 0) is 43.7 Å². The zero-order valence-electron chi connectivity index (χ0n) is 10.2. The van der Waals surface area contributed by atoms with Crippen molar-refractivity contribution in [2.75, 3.05) is 13.2 Å². The van der Waals surface area contributed by atoms with E-state index in [0.717, 1.165) is 29.3 Å². The minimum atomic E-state index is 0.418. The van der Waals surface area contributed by atoms with Gasteiger partial charge in [0.2, 0.25) is 0 Å². The maximum atomic E-state index is 5.95. The molecule has 0 fully saturated rings. The third-order valence-electron chi connectivity index (χ3n) is 2.57. The van der Waals surface area contributed by atoms with Crippen molar-refractivity contribution in [3.63, 3.8) is 0 Å². The molecule has 0 saturated carbocycles. The van der Waals surface area contributed by atoms with Crippen molar-refractivity contribution >= 4 is 11.6 Å². The fraction of sp³-hybridized carbons (Fsp3) is 0.538. The maximum Gasteiger partial charge on any atom is 0.119 e. The third-order valence-corrected chi connectivity index (χ3v) is 2.99. The SMILES string of the molecule is CCNC(CC)COc1ccc(Cl)c(C)c1. The van der Waals surface area contributed by atoms with Crippen LogP contribution in [0.1, 0.15) is 25.8 Å². The lowest BCUT2D eigenvalue weighted by molar-refractivity contribution is 0.262. The van der Waals surface area contributed by atoms with Crippen LogP contribution in [0.5, 0.6) is 5.75 Å². The fourth-order valence-electron chi connectivity index (χ4n) is 1.51. The van der Waals surface area contributed by atoms with E-state index in [0.29, 0.717) is 12.6 Å². The highest BCUT2D eigenvalue weighted by atomic mass is 35.5. The van der Waals surface area contributed by atoms with Gasteiger partial charge in [-0.1, -0.05) is 25.4 Å². The summed E-state index contributed by atoms with van der Waals surface area (Å²) in [4.78, 5) is 0. The number of hydrogen-bond donors (Lipinski definition) is 1. The molecule has 0 spiro atoms. The molecule has 0 bridgehead atoms. The lowest BCUT2D eigenvalue weighted by Gasteiger charge is -2.16. The first-order valence-electron chi connectivity index (χ1n) is 5.79. The number of likely N-dealkylation sites (N-methyl/N-ethyl adjacent to an activating group) is 1. The van der Waals surface area contributed by atoms with Gasteiger partial charge in [0.15, 0.2) is 0 Å². The number of nitrogens with one attached hydrogen (secondary N) is 1. The monoisotopic (exact) mass is 241 g/mol. The molecule has 0 aliphatic heterocycles. The van der Waals surface area contributed by atoms with Crippen molar-refractivity contribution in [1.29, 1.82) is 0 Å². The molecule has 3 heteroatoms. The summed E-state index contributed by atoms with van der Waals surface area (Å²) in [5.74, 6) is 0.887. The first kappa shape index (κ1) is 13.3. The van der Waals surface area contributed by atoms with Crippen molar-refractivity contribution in [3.8, 4) is 5.75 Å². The second-order valence-corrected chi connectivity index (χ2v) is 4.29. The van der Waals surface area contributed by atoms with Crippen molar-refractivity contribution in [3.05, 3.63) is 28.8 Å². The number of hydrogen-bond acceptors (Lipinski definition) is 2. The van der Waals surface area contributed by atoms with Gasteiger partial charge >= 0.3 is 0 Å². The molecule has 0 amide bonds. The van der Waals surface area contributed by atoms with Crippen LogP contribution in [0.3, 0.4) is 0 Å². The number of benzene rings is 1. The summed E-state index contributed by atoms with van der Waals surface area (Å²) in [6.07, 6.45) is 1.07. The van der Waals surface area contributed by atoms with Crippen molar-refractivity contribution < 1.29 is 4.74 Å². The first-order valence-corrected chi connectivity index (χ1v) is 6.17. The van der Waals surface area contributed by atoms with E-state index in [1.807, 2.05) is 25.1 Å². The summed E-state index contributed by atoms with van der Waals surface area (Å²) < 4.78 is 5.73. The zero-order chi connectivity index (χ0) is 12.0. The predicted octanol–water partition coefficient (Wildman–Crippen LogP) is 3.42. The second-order valence-electron chi connectivity index (χ2n) is 3.88. The Hall–Kier alpha value is -0.730. The molecule has 0 aliphatic rings. The Bertz CT molecular complexity index is 328. The summed E-state index contributed by atoms with van der Waals surface area (Å²) in [5.41, 5.74) is 1.05. The van der Waals surface area contributed by atoms with E-state index in [2.05, 4.69) is 19.2 Å². The van der Waals surface area contributed by atoms with Crippen LogP contribution in [0.2, 0.25) is 5.02 Å². The molecule has 1 unspecified atom stereocenters. The van der Waals surface area contributed by atoms with Gasteiger partial charge in [-0.15, -0.1) is 0 Å². The van der Waals surface area contributed by atoms with Crippen molar-refractivity contribution in [2.45, 2.75) is 33.2 Å². The molecule has 1 aromatic rings. The number of ether oxygens (including phenoxy) is 1. The lowest BCUT2D eigenvalue weighted by Crippen LogP contribution is -2.33. The molecule has 0 radical (unpaired) electrons. The second kappa shape index (κ2) is 6.77. The van der Waals surface area contributed by atoms with E-state index in [1.165, 1.54) is 0 Å². The lowest BCUT2D eigenvalue weighted by atomic mass is 10.2. The van der Waals surface area contributed by atoms with Gasteiger partial charge in [-0.25, -0.2) is 0 Å². The van der Waals surface area contributed by atoms with Crippen LogP contribution in [0.15, 0.2) is 18.2 Å².